The van der Waals surface area contributed by atoms with Crippen molar-refractivity contribution in [1.29, 1.82) is 5.26 Å². The van der Waals surface area contributed by atoms with Crippen molar-refractivity contribution in [3.8, 4) is 6.07 Å². The van der Waals surface area contributed by atoms with Gasteiger partial charge in [-0.25, -0.2) is 0 Å². The van der Waals surface area contributed by atoms with Gasteiger partial charge in [-0.3, -0.25) is 4.79 Å². The van der Waals surface area contributed by atoms with Crippen molar-refractivity contribution in [2.24, 2.45) is 5.41 Å². The molecule has 0 aromatic rings. The van der Waals surface area contributed by atoms with Crippen LogP contribution in [0, 0.1) is 16.7 Å². The van der Waals surface area contributed by atoms with Crippen molar-refractivity contribution in [3.63, 3.8) is 0 Å². The van der Waals surface area contributed by atoms with Crippen LogP contribution >= 0.6 is 0 Å². The van der Waals surface area contributed by atoms with Gasteiger partial charge in [-0.05, 0) is 25.7 Å². The first kappa shape index (κ1) is 18.8. The summed E-state index contributed by atoms with van der Waals surface area (Å²) < 4.78 is 35.9. The van der Waals surface area contributed by atoms with Gasteiger partial charge in [0, 0.05) is 13.0 Å². The maximum atomic E-state index is 12.1. The average Bonchev–Trinajstić information content (AvgIpc) is 2.36. The van der Waals surface area contributed by atoms with Gasteiger partial charge >= 0.3 is 6.18 Å². The van der Waals surface area contributed by atoms with Crippen LogP contribution in [0.1, 0.15) is 58.8 Å². The van der Waals surface area contributed by atoms with Crippen LogP contribution in [0.4, 0.5) is 13.2 Å². The van der Waals surface area contributed by atoms with Gasteiger partial charge in [0.2, 0.25) is 5.91 Å². The molecule has 0 aromatic carbocycles. The average molecular weight is 292 g/mol. The first-order valence-electron chi connectivity index (χ1n) is 7.07. The predicted octanol–water partition coefficient (Wildman–Crippen LogP) is 3.95. The maximum Gasteiger partial charge on any atom is 0.389 e. The van der Waals surface area contributed by atoms with Gasteiger partial charge in [0.25, 0.3) is 0 Å². The van der Waals surface area contributed by atoms with Crippen LogP contribution in [-0.2, 0) is 4.79 Å². The van der Waals surface area contributed by atoms with Crippen molar-refractivity contribution in [3.05, 3.63) is 0 Å². The molecule has 0 spiro atoms. The first-order valence-corrected chi connectivity index (χ1v) is 7.07. The van der Waals surface area contributed by atoms with Crippen LogP contribution < -0.4 is 5.32 Å². The van der Waals surface area contributed by atoms with Crippen molar-refractivity contribution in [2.75, 3.05) is 6.54 Å². The van der Waals surface area contributed by atoms with Crippen molar-refractivity contribution in [1.82, 2.24) is 5.32 Å². The van der Waals surface area contributed by atoms with Crippen LogP contribution in [0.5, 0.6) is 0 Å². The summed E-state index contributed by atoms with van der Waals surface area (Å²) in [5, 5.41) is 11.9. The Kier molecular flexibility index (Phi) is 8.28. The number of nitriles is 1. The number of alkyl halides is 3. The smallest absolute Gasteiger partial charge is 0.355 e. The van der Waals surface area contributed by atoms with E-state index in [0.29, 0.717) is 12.8 Å². The van der Waals surface area contributed by atoms with Gasteiger partial charge in [-0.2, -0.15) is 18.4 Å². The fourth-order valence-corrected chi connectivity index (χ4v) is 2.19. The lowest BCUT2D eigenvalue weighted by atomic mass is 9.80. The zero-order valence-electron chi connectivity index (χ0n) is 12.1. The molecule has 0 rings (SSSR count). The summed E-state index contributed by atoms with van der Waals surface area (Å²) >= 11 is 0. The highest BCUT2D eigenvalue weighted by Gasteiger charge is 2.36. The molecule has 0 bridgehead atoms. The normalized spacial score (nSPS) is 12.0. The topological polar surface area (TPSA) is 52.9 Å². The molecule has 6 heteroatoms. The molecule has 0 unspecified atom stereocenters. The second kappa shape index (κ2) is 8.83. The Morgan fingerprint density at radius 1 is 1.10 bits per heavy atom. The number of hydrogen-bond donors (Lipinski definition) is 1. The Balaban J connectivity index is 4.25. The monoisotopic (exact) mass is 292 g/mol. The van der Waals surface area contributed by atoms with E-state index in [1.165, 1.54) is 0 Å². The Morgan fingerprint density at radius 2 is 1.65 bits per heavy atom. The van der Waals surface area contributed by atoms with E-state index in [1.54, 1.807) is 0 Å². The highest BCUT2D eigenvalue weighted by Crippen LogP contribution is 2.29. The molecule has 0 aliphatic rings. The molecule has 116 valence electrons. The van der Waals surface area contributed by atoms with E-state index in [9.17, 15) is 23.2 Å². The molecular weight excluding hydrogens is 269 g/mol. The molecule has 0 atom stereocenters. The summed E-state index contributed by atoms with van der Waals surface area (Å²) in [4.78, 5) is 12.1. The quantitative estimate of drug-likeness (QED) is 0.654. The Hall–Kier alpha value is -1.25. The van der Waals surface area contributed by atoms with E-state index < -0.39 is 18.0 Å². The minimum atomic E-state index is -4.15. The van der Waals surface area contributed by atoms with Crippen LogP contribution in [0.2, 0.25) is 0 Å². The second-order valence-electron chi connectivity index (χ2n) is 5.02. The number of carbonyl (C=O) groups is 1. The second-order valence-corrected chi connectivity index (χ2v) is 5.02. The van der Waals surface area contributed by atoms with E-state index in [4.69, 9.17) is 0 Å². The summed E-state index contributed by atoms with van der Waals surface area (Å²) in [6, 6.07) is 2.09. The van der Waals surface area contributed by atoms with Gasteiger partial charge in [-0.15, -0.1) is 0 Å². The number of amides is 1. The molecule has 0 aliphatic heterocycles. The number of nitrogens with zero attached hydrogens (tertiary/aromatic N) is 1. The summed E-state index contributed by atoms with van der Waals surface area (Å²) in [7, 11) is 0. The van der Waals surface area contributed by atoms with Crippen LogP contribution in [0.15, 0.2) is 0 Å². The van der Waals surface area contributed by atoms with Gasteiger partial charge in [0.15, 0.2) is 0 Å². The Bertz CT molecular complexity index is 328. The molecule has 0 fully saturated rings. The molecular formula is C14H23F3N2O. The Labute approximate surface area is 118 Å². The highest BCUT2D eigenvalue weighted by molar-refractivity contribution is 5.85. The highest BCUT2D eigenvalue weighted by atomic mass is 19.4. The summed E-state index contributed by atoms with van der Waals surface area (Å²) in [6.07, 6.45) is -2.33. The van der Waals surface area contributed by atoms with Gasteiger partial charge in [0.1, 0.15) is 5.41 Å². The molecule has 0 saturated heterocycles. The lowest BCUT2D eigenvalue weighted by Crippen LogP contribution is -2.40. The molecule has 0 aliphatic carbocycles. The number of nitrogens with one attached hydrogen (secondary N) is 1. The molecule has 20 heavy (non-hydrogen) atoms. The number of halogens is 3. The predicted molar refractivity (Wildman–Crippen MR) is 70.8 cm³/mol. The first-order chi connectivity index (χ1) is 9.31. The largest absolute Gasteiger partial charge is 0.389 e. The van der Waals surface area contributed by atoms with E-state index in [0.717, 1.165) is 12.8 Å². The third kappa shape index (κ3) is 6.78. The van der Waals surface area contributed by atoms with Crippen LogP contribution in [0.3, 0.4) is 0 Å². The summed E-state index contributed by atoms with van der Waals surface area (Å²) in [6.45, 7) is 3.99. The lowest BCUT2D eigenvalue weighted by molar-refractivity contribution is -0.135. The third-order valence-electron chi connectivity index (χ3n) is 3.17. The van der Waals surface area contributed by atoms with Crippen molar-refractivity contribution >= 4 is 5.91 Å². The zero-order valence-corrected chi connectivity index (χ0v) is 12.1. The zero-order chi connectivity index (χ0) is 15.6. The maximum absolute atomic E-state index is 12.1. The number of hydrogen-bond acceptors (Lipinski definition) is 2. The molecule has 3 nitrogen and oxygen atoms in total. The summed E-state index contributed by atoms with van der Waals surface area (Å²) in [5.41, 5.74) is -1.03. The molecule has 0 saturated carbocycles. The SMILES string of the molecule is CCCC(C#N)(CCC)C(=O)NCCCCC(F)(F)F. The number of unbranched alkanes of at least 4 members (excludes halogenated alkanes) is 1. The minimum Gasteiger partial charge on any atom is -0.355 e. The number of rotatable bonds is 9. The summed E-state index contributed by atoms with van der Waals surface area (Å²) in [5.74, 6) is -0.351. The van der Waals surface area contributed by atoms with E-state index in [-0.39, 0.29) is 25.3 Å². The van der Waals surface area contributed by atoms with Crippen molar-refractivity contribution < 1.29 is 18.0 Å². The minimum absolute atomic E-state index is 0.00904. The van der Waals surface area contributed by atoms with Crippen LogP contribution in [-0.4, -0.2) is 18.6 Å². The van der Waals surface area contributed by atoms with E-state index >= 15 is 0 Å². The van der Waals surface area contributed by atoms with Crippen molar-refractivity contribution in [2.45, 2.75) is 65.0 Å². The molecule has 0 aromatic heterocycles. The fraction of sp³-hybridized carbons (Fsp3) is 0.857. The van der Waals surface area contributed by atoms with E-state index in [2.05, 4.69) is 11.4 Å². The van der Waals surface area contributed by atoms with Crippen LogP contribution in [0.25, 0.3) is 0 Å². The third-order valence-corrected chi connectivity index (χ3v) is 3.17. The number of carbonyl (C=O) groups excluding carboxylic acids is 1. The molecule has 1 amide bonds. The molecule has 1 N–H and O–H groups in total. The fourth-order valence-electron chi connectivity index (χ4n) is 2.19. The standard InChI is InChI=1S/C14H23F3N2O/c1-3-7-13(11-18,8-4-2)12(20)19-10-6-5-9-14(15,16)17/h3-10H2,1-2H3,(H,19,20). The van der Waals surface area contributed by atoms with Gasteiger partial charge in [-0.1, -0.05) is 26.7 Å². The Morgan fingerprint density at radius 3 is 2.05 bits per heavy atom. The molecule has 0 heterocycles. The molecule has 0 radical (unpaired) electrons. The lowest BCUT2D eigenvalue weighted by Gasteiger charge is -2.24. The van der Waals surface area contributed by atoms with Gasteiger partial charge < -0.3 is 5.32 Å². The van der Waals surface area contributed by atoms with Gasteiger partial charge in [0.05, 0.1) is 6.07 Å². The van der Waals surface area contributed by atoms with E-state index in [1.807, 2.05) is 13.8 Å².